The van der Waals surface area contributed by atoms with Crippen LogP contribution in [0.3, 0.4) is 0 Å². The van der Waals surface area contributed by atoms with Crippen molar-refractivity contribution in [3.63, 3.8) is 0 Å². The van der Waals surface area contributed by atoms with Crippen LogP contribution in [0.25, 0.3) is 16.6 Å². The SMILES string of the molecule is CCCNC(=O)c1ccc2c(=O)n(-c3cccc(OC)c3)c(SCC(=O)c3ccc(F)cc3)nc2c1. The van der Waals surface area contributed by atoms with Gasteiger partial charge in [0.1, 0.15) is 11.6 Å². The number of hydrogen-bond acceptors (Lipinski definition) is 6. The smallest absolute Gasteiger partial charge is 0.266 e. The Bertz CT molecular complexity index is 1490. The highest BCUT2D eigenvalue weighted by molar-refractivity contribution is 7.99. The number of methoxy groups -OCH3 is 1. The van der Waals surface area contributed by atoms with Crippen LogP contribution in [-0.2, 0) is 0 Å². The summed E-state index contributed by atoms with van der Waals surface area (Å²) in [6.07, 6.45) is 0.797. The highest BCUT2D eigenvalue weighted by atomic mass is 32.2. The van der Waals surface area contributed by atoms with Crippen LogP contribution in [0.5, 0.6) is 5.75 Å². The van der Waals surface area contributed by atoms with Gasteiger partial charge < -0.3 is 10.1 Å². The van der Waals surface area contributed by atoms with E-state index in [-0.39, 0.29) is 28.2 Å². The van der Waals surface area contributed by atoms with Crippen LogP contribution in [0.1, 0.15) is 34.1 Å². The minimum atomic E-state index is -0.430. The third kappa shape index (κ3) is 5.46. The summed E-state index contributed by atoms with van der Waals surface area (Å²) >= 11 is 1.09. The number of carbonyl (C=O) groups excluding carboxylic acids is 2. The Morgan fingerprint density at radius 2 is 1.81 bits per heavy atom. The zero-order chi connectivity index (χ0) is 25.7. The van der Waals surface area contributed by atoms with Crippen LogP contribution in [-0.4, -0.2) is 40.6 Å². The van der Waals surface area contributed by atoms with Gasteiger partial charge in [-0.1, -0.05) is 24.8 Å². The van der Waals surface area contributed by atoms with E-state index in [4.69, 9.17) is 4.74 Å². The molecule has 0 saturated heterocycles. The average Bonchev–Trinajstić information content (AvgIpc) is 2.90. The number of fused-ring (bicyclic) bond motifs is 1. The van der Waals surface area contributed by atoms with E-state index in [0.29, 0.717) is 40.0 Å². The largest absolute Gasteiger partial charge is 0.497 e. The first kappa shape index (κ1) is 25.1. The number of nitrogens with zero attached hydrogens (tertiary/aromatic N) is 2. The fourth-order valence-electron chi connectivity index (χ4n) is 3.57. The molecule has 1 aromatic heterocycles. The van der Waals surface area contributed by atoms with Gasteiger partial charge >= 0.3 is 0 Å². The molecule has 0 aliphatic rings. The highest BCUT2D eigenvalue weighted by Gasteiger charge is 2.17. The van der Waals surface area contributed by atoms with Crippen molar-refractivity contribution in [1.82, 2.24) is 14.9 Å². The molecule has 0 saturated carbocycles. The Balaban J connectivity index is 1.78. The van der Waals surface area contributed by atoms with Crippen LogP contribution in [0.15, 0.2) is 76.7 Å². The van der Waals surface area contributed by atoms with Crippen LogP contribution in [0, 0.1) is 5.82 Å². The molecule has 1 amide bonds. The first-order chi connectivity index (χ1) is 17.4. The van der Waals surface area contributed by atoms with Crippen molar-refractivity contribution in [3.8, 4) is 11.4 Å². The standard InChI is InChI=1S/C27H24FN3O4S/c1-3-13-29-25(33)18-9-12-22-23(14-18)30-27(36-16-24(32)17-7-10-19(28)11-8-17)31(26(22)34)20-5-4-6-21(15-20)35-2/h4-12,14-15H,3,13,16H2,1-2H3,(H,29,33). The lowest BCUT2D eigenvalue weighted by atomic mass is 10.1. The molecule has 1 heterocycles. The summed E-state index contributed by atoms with van der Waals surface area (Å²) in [4.78, 5) is 43.5. The lowest BCUT2D eigenvalue weighted by molar-refractivity contribution is 0.0952. The summed E-state index contributed by atoms with van der Waals surface area (Å²) in [6.45, 7) is 2.49. The van der Waals surface area contributed by atoms with Crippen molar-refractivity contribution in [2.75, 3.05) is 19.4 Å². The molecule has 0 fully saturated rings. The second-order valence-corrected chi connectivity index (χ2v) is 8.89. The number of aromatic nitrogens is 2. The topological polar surface area (TPSA) is 90.3 Å². The molecule has 36 heavy (non-hydrogen) atoms. The van der Waals surface area contributed by atoms with Crippen LogP contribution >= 0.6 is 11.8 Å². The van der Waals surface area contributed by atoms with Crippen molar-refractivity contribution in [3.05, 3.63) is 94.0 Å². The summed E-state index contributed by atoms with van der Waals surface area (Å²) in [5.74, 6) is -0.385. The van der Waals surface area contributed by atoms with E-state index < -0.39 is 5.82 Å². The number of nitrogens with one attached hydrogen (secondary N) is 1. The van der Waals surface area contributed by atoms with Gasteiger partial charge in [0.05, 0.1) is 29.5 Å². The molecule has 0 atom stereocenters. The third-order valence-corrected chi connectivity index (χ3v) is 6.39. The second kappa shape index (κ2) is 11.2. The van der Waals surface area contributed by atoms with Gasteiger partial charge in [-0.2, -0.15) is 0 Å². The van der Waals surface area contributed by atoms with Crippen molar-refractivity contribution in [2.24, 2.45) is 0 Å². The summed E-state index contributed by atoms with van der Waals surface area (Å²) in [5.41, 5.74) is 1.27. The number of amides is 1. The fourth-order valence-corrected chi connectivity index (χ4v) is 4.48. The van der Waals surface area contributed by atoms with Gasteiger partial charge in [-0.3, -0.25) is 19.0 Å². The number of thioether (sulfide) groups is 1. The molecule has 0 radical (unpaired) electrons. The summed E-state index contributed by atoms with van der Waals surface area (Å²) in [7, 11) is 1.53. The van der Waals surface area contributed by atoms with Gasteiger partial charge in [0.15, 0.2) is 10.9 Å². The molecule has 0 aliphatic carbocycles. The van der Waals surface area contributed by atoms with Gasteiger partial charge in [0.25, 0.3) is 11.5 Å². The van der Waals surface area contributed by atoms with E-state index in [1.54, 1.807) is 42.5 Å². The van der Waals surface area contributed by atoms with E-state index in [9.17, 15) is 18.8 Å². The van der Waals surface area contributed by atoms with Crippen LogP contribution in [0.4, 0.5) is 4.39 Å². The number of Topliss-reactive ketones (excluding diaryl/α,β-unsaturated/α-hetero) is 1. The monoisotopic (exact) mass is 505 g/mol. The number of hydrogen-bond donors (Lipinski definition) is 1. The molecule has 0 aliphatic heterocycles. The number of halogens is 1. The third-order valence-electron chi connectivity index (χ3n) is 5.45. The van der Waals surface area contributed by atoms with Crippen molar-refractivity contribution in [2.45, 2.75) is 18.5 Å². The van der Waals surface area contributed by atoms with Gasteiger partial charge in [-0.15, -0.1) is 0 Å². The maximum Gasteiger partial charge on any atom is 0.266 e. The van der Waals surface area contributed by atoms with Gasteiger partial charge in [0.2, 0.25) is 0 Å². The van der Waals surface area contributed by atoms with Crippen LogP contribution in [0.2, 0.25) is 0 Å². The molecular weight excluding hydrogens is 481 g/mol. The normalized spacial score (nSPS) is 10.9. The molecule has 0 spiro atoms. The molecule has 4 aromatic rings. The van der Waals surface area contributed by atoms with Crippen LogP contribution < -0.4 is 15.6 Å². The molecule has 7 nitrogen and oxygen atoms in total. The van der Waals surface area contributed by atoms with E-state index in [2.05, 4.69) is 10.3 Å². The molecule has 184 valence electrons. The minimum Gasteiger partial charge on any atom is -0.497 e. The Morgan fingerprint density at radius 1 is 1.06 bits per heavy atom. The number of ether oxygens (including phenoxy) is 1. The first-order valence-electron chi connectivity index (χ1n) is 11.3. The summed E-state index contributed by atoms with van der Waals surface area (Å²) in [6, 6.07) is 17.0. The van der Waals surface area contributed by atoms with E-state index in [1.165, 1.54) is 35.9 Å². The molecule has 4 rings (SSSR count). The molecule has 1 N–H and O–H groups in total. The molecule has 3 aromatic carbocycles. The lowest BCUT2D eigenvalue weighted by Crippen LogP contribution is -2.25. The maximum atomic E-state index is 13.6. The van der Waals surface area contributed by atoms with E-state index in [1.807, 2.05) is 6.92 Å². The van der Waals surface area contributed by atoms with Gasteiger partial charge in [-0.05, 0) is 61.0 Å². The molecule has 9 heteroatoms. The van der Waals surface area contributed by atoms with Gasteiger partial charge in [0, 0.05) is 23.7 Å². The Morgan fingerprint density at radius 3 is 2.53 bits per heavy atom. The van der Waals surface area contributed by atoms with Crippen molar-refractivity contribution < 1.29 is 18.7 Å². The molecular formula is C27H24FN3O4S. The number of carbonyl (C=O) groups is 2. The average molecular weight is 506 g/mol. The number of ketones is 1. The molecule has 0 bridgehead atoms. The minimum absolute atomic E-state index is 0.0236. The Labute approximate surface area is 211 Å². The van der Waals surface area contributed by atoms with E-state index >= 15 is 0 Å². The Hall–Kier alpha value is -3.98. The maximum absolute atomic E-state index is 13.6. The Kier molecular flexibility index (Phi) is 7.80. The second-order valence-electron chi connectivity index (χ2n) is 7.94. The zero-order valence-corrected chi connectivity index (χ0v) is 20.6. The first-order valence-corrected chi connectivity index (χ1v) is 12.3. The quantitative estimate of drug-likeness (QED) is 0.202. The summed E-state index contributed by atoms with van der Waals surface area (Å²) in [5, 5.41) is 3.43. The number of rotatable bonds is 9. The predicted molar refractivity (Wildman–Crippen MR) is 138 cm³/mol. The zero-order valence-electron chi connectivity index (χ0n) is 19.8. The van der Waals surface area contributed by atoms with Gasteiger partial charge in [-0.25, -0.2) is 9.37 Å². The lowest BCUT2D eigenvalue weighted by Gasteiger charge is -2.14. The number of benzene rings is 3. The predicted octanol–water partition coefficient (Wildman–Crippen LogP) is 4.65. The fraction of sp³-hybridized carbons (Fsp3) is 0.185. The molecule has 0 unspecified atom stereocenters. The van der Waals surface area contributed by atoms with Crippen molar-refractivity contribution in [1.29, 1.82) is 0 Å². The summed E-state index contributed by atoms with van der Waals surface area (Å²) < 4.78 is 20.0. The van der Waals surface area contributed by atoms with Crippen molar-refractivity contribution >= 4 is 34.4 Å². The highest BCUT2D eigenvalue weighted by Crippen LogP contribution is 2.25. The van der Waals surface area contributed by atoms with E-state index in [0.717, 1.165) is 18.2 Å².